The Bertz CT molecular complexity index is 765. The third kappa shape index (κ3) is 3.09. The van der Waals surface area contributed by atoms with Crippen LogP contribution in [-0.4, -0.2) is 32.0 Å². The lowest BCUT2D eigenvalue weighted by molar-refractivity contribution is 0.171. The summed E-state index contributed by atoms with van der Waals surface area (Å²) in [5.74, 6) is 2.98. The van der Waals surface area contributed by atoms with E-state index in [2.05, 4.69) is 18.0 Å². The summed E-state index contributed by atoms with van der Waals surface area (Å²) in [6.45, 7) is 2.94. The van der Waals surface area contributed by atoms with Crippen LogP contribution < -0.4 is 18.9 Å². The summed E-state index contributed by atoms with van der Waals surface area (Å²) < 4.78 is 22.0. The normalized spacial score (nSPS) is 15.0. The molecule has 0 aliphatic carbocycles. The van der Waals surface area contributed by atoms with Gasteiger partial charge in [-0.05, 0) is 42.4 Å². The van der Waals surface area contributed by atoms with Gasteiger partial charge >= 0.3 is 0 Å². The Balaban J connectivity index is 1.46. The van der Waals surface area contributed by atoms with Gasteiger partial charge in [-0.25, -0.2) is 0 Å². The maximum Gasteiger partial charge on any atom is 0.231 e. The molecule has 24 heavy (non-hydrogen) atoms. The number of benzene rings is 2. The van der Waals surface area contributed by atoms with E-state index < -0.39 is 0 Å². The number of hydrogen-bond acceptors (Lipinski definition) is 5. The Morgan fingerprint density at radius 2 is 1.62 bits per heavy atom. The minimum absolute atomic E-state index is 0.296. The Hall–Kier alpha value is -2.11. The minimum Gasteiger partial charge on any atom is -0.486 e. The predicted molar refractivity (Wildman–Crippen MR) is 90.2 cm³/mol. The Morgan fingerprint density at radius 1 is 0.875 bits per heavy atom. The summed E-state index contributed by atoms with van der Waals surface area (Å²) in [5.41, 5.74) is 2.26. The van der Waals surface area contributed by atoms with Gasteiger partial charge in [0, 0.05) is 13.1 Å². The summed E-state index contributed by atoms with van der Waals surface area (Å²) in [4.78, 5) is 2.21. The summed E-state index contributed by atoms with van der Waals surface area (Å²) in [7, 11) is 2.06. The molecule has 2 aliphatic rings. The number of hydrogen-bond donors (Lipinski definition) is 0. The fourth-order valence-electron chi connectivity index (χ4n) is 2.97. The van der Waals surface area contributed by atoms with Gasteiger partial charge in [-0.1, -0.05) is 17.7 Å². The van der Waals surface area contributed by atoms with Crippen molar-refractivity contribution in [3.8, 4) is 23.0 Å². The van der Waals surface area contributed by atoms with Crippen LogP contribution in [0.5, 0.6) is 23.0 Å². The van der Waals surface area contributed by atoms with E-state index in [1.807, 2.05) is 24.3 Å². The van der Waals surface area contributed by atoms with Crippen molar-refractivity contribution < 1.29 is 18.9 Å². The Labute approximate surface area is 145 Å². The maximum atomic E-state index is 6.30. The van der Waals surface area contributed by atoms with E-state index in [1.54, 1.807) is 0 Å². The van der Waals surface area contributed by atoms with E-state index in [9.17, 15) is 0 Å². The molecule has 2 aliphatic heterocycles. The fraction of sp³-hybridized carbons (Fsp3) is 0.333. The molecule has 0 bridgehead atoms. The molecular formula is C18H18ClNO4. The number of ether oxygens (including phenoxy) is 4. The molecule has 0 saturated heterocycles. The predicted octanol–water partition coefficient (Wildman–Crippen LogP) is 3.47. The van der Waals surface area contributed by atoms with Crippen LogP contribution in [0.15, 0.2) is 30.3 Å². The largest absolute Gasteiger partial charge is 0.486 e. The van der Waals surface area contributed by atoms with E-state index in [0.717, 1.165) is 35.9 Å². The van der Waals surface area contributed by atoms with Crippen molar-refractivity contribution in [1.82, 2.24) is 4.90 Å². The van der Waals surface area contributed by atoms with Gasteiger partial charge in [0.1, 0.15) is 13.2 Å². The van der Waals surface area contributed by atoms with E-state index in [0.29, 0.717) is 30.8 Å². The van der Waals surface area contributed by atoms with Gasteiger partial charge in [0.05, 0.1) is 5.02 Å². The second-order valence-electron chi connectivity index (χ2n) is 5.96. The lowest BCUT2D eigenvalue weighted by Gasteiger charge is -2.22. The molecule has 2 heterocycles. The van der Waals surface area contributed by atoms with Crippen molar-refractivity contribution in [2.45, 2.75) is 13.1 Å². The molecule has 0 radical (unpaired) electrons. The van der Waals surface area contributed by atoms with Gasteiger partial charge in [0.25, 0.3) is 0 Å². The molecule has 0 amide bonds. The zero-order valence-corrected chi connectivity index (χ0v) is 14.1. The Kier molecular flexibility index (Phi) is 4.12. The van der Waals surface area contributed by atoms with Crippen molar-refractivity contribution in [3.63, 3.8) is 0 Å². The van der Waals surface area contributed by atoms with Gasteiger partial charge in [0.2, 0.25) is 6.79 Å². The summed E-state index contributed by atoms with van der Waals surface area (Å²) in [6, 6.07) is 9.96. The zero-order chi connectivity index (χ0) is 16.5. The molecule has 0 unspecified atom stereocenters. The van der Waals surface area contributed by atoms with Gasteiger partial charge in [0.15, 0.2) is 23.0 Å². The first-order valence-corrected chi connectivity index (χ1v) is 8.22. The highest BCUT2D eigenvalue weighted by molar-refractivity contribution is 6.32. The molecule has 2 aromatic rings. The third-order valence-electron chi connectivity index (χ3n) is 4.00. The fourth-order valence-corrected chi connectivity index (χ4v) is 3.26. The lowest BCUT2D eigenvalue weighted by atomic mass is 10.1. The number of halogens is 1. The first kappa shape index (κ1) is 15.4. The maximum absolute atomic E-state index is 6.30. The van der Waals surface area contributed by atoms with Crippen LogP contribution in [0.1, 0.15) is 11.1 Å². The van der Waals surface area contributed by atoms with Gasteiger partial charge < -0.3 is 18.9 Å². The third-order valence-corrected chi connectivity index (χ3v) is 4.28. The molecule has 126 valence electrons. The average Bonchev–Trinajstić information content (AvgIpc) is 3.02. The molecular weight excluding hydrogens is 330 g/mol. The quantitative estimate of drug-likeness (QED) is 0.847. The molecule has 2 aromatic carbocycles. The molecule has 0 spiro atoms. The monoisotopic (exact) mass is 347 g/mol. The van der Waals surface area contributed by atoms with E-state index in [4.69, 9.17) is 30.5 Å². The first-order chi connectivity index (χ1) is 11.7. The van der Waals surface area contributed by atoms with Crippen LogP contribution >= 0.6 is 11.6 Å². The first-order valence-electron chi connectivity index (χ1n) is 7.84. The zero-order valence-electron chi connectivity index (χ0n) is 13.4. The molecule has 0 fully saturated rings. The second-order valence-corrected chi connectivity index (χ2v) is 6.37. The van der Waals surface area contributed by atoms with Crippen LogP contribution in [0, 0.1) is 0 Å². The van der Waals surface area contributed by atoms with E-state index >= 15 is 0 Å². The van der Waals surface area contributed by atoms with E-state index in [1.165, 1.54) is 5.56 Å². The van der Waals surface area contributed by atoms with Crippen LogP contribution in [-0.2, 0) is 13.1 Å². The van der Waals surface area contributed by atoms with Crippen LogP contribution in [0.25, 0.3) is 0 Å². The van der Waals surface area contributed by atoms with E-state index in [-0.39, 0.29) is 0 Å². The van der Waals surface area contributed by atoms with Gasteiger partial charge in [-0.3, -0.25) is 4.90 Å². The summed E-state index contributed by atoms with van der Waals surface area (Å²) >= 11 is 6.30. The molecule has 0 atom stereocenters. The molecule has 5 nitrogen and oxygen atoms in total. The summed E-state index contributed by atoms with van der Waals surface area (Å²) in [6.07, 6.45) is 0. The van der Waals surface area contributed by atoms with Crippen LogP contribution in [0.3, 0.4) is 0 Å². The summed E-state index contributed by atoms with van der Waals surface area (Å²) in [5, 5.41) is 0.596. The van der Waals surface area contributed by atoms with Crippen molar-refractivity contribution in [3.05, 3.63) is 46.5 Å². The van der Waals surface area contributed by atoms with Crippen molar-refractivity contribution in [2.75, 3.05) is 27.1 Å². The number of nitrogens with zero attached hydrogens (tertiary/aromatic N) is 1. The van der Waals surface area contributed by atoms with Gasteiger partial charge in [-0.2, -0.15) is 0 Å². The smallest absolute Gasteiger partial charge is 0.231 e. The van der Waals surface area contributed by atoms with Crippen molar-refractivity contribution >= 4 is 11.6 Å². The highest BCUT2D eigenvalue weighted by atomic mass is 35.5. The number of rotatable bonds is 4. The van der Waals surface area contributed by atoms with Crippen molar-refractivity contribution in [1.29, 1.82) is 0 Å². The SMILES string of the molecule is CN(Cc1ccc2c(c1)OCO2)Cc1cc(Cl)c2c(c1)OCCO2. The van der Waals surface area contributed by atoms with Crippen LogP contribution in [0.2, 0.25) is 5.02 Å². The molecule has 0 saturated carbocycles. The molecule has 6 heteroatoms. The Morgan fingerprint density at radius 3 is 2.54 bits per heavy atom. The van der Waals surface area contributed by atoms with Gasteiger partial charge in [-0.15, -0.1) is 0 Å². The minimum atomic E-state index is 0.296. The standard InChI is InChI=1S/C18H18ClNO4/c1-20(9-12-2-3-15-16(7-12)24-11-23-15)10-13-6-14(19)18-17(8-13)21-4-5-22-18/h2-3,6-8H,4-5,9-11H2,1H3. The average molecular weight is 348 g/mol. The molecule has 0 aromatic heterocycles. The topological polar surface area (TPSA) is 40.2 Å². The highest BCUT2D eigenvalue weighted by Gasteiger charge is 2.18. The molecule has 0 N–H and O–H groups in total. The van der Waals surface area contributed by atoms with Crippen molar-refractivity contribution in [2.24, 2.45) is 0 Å². The highest BCUT2D eigenvalue weighted by Crippen LogP contribution is 2.38. The number of fused-ring (bicyclic) bond motifs is 2. The second kappa shape index (κ2) is 6.42. The lowest BCUT2D eigenvalue weighted by Crippen LogP contribution is -2.19. The van der Waals surface area contributed by atoms with Crippen LogP contribution in [0.4, 0.5) is 0 Å². The molecule has 4 rings (SSSR count).